The molecule has 0 aromatic rings. The number of aliphatic hydroxyl groups excluding tert-OH is 6. The molecule has 10 N–H and O–H groups in total. The van der Waals surface area contributed by atoms with Crippen LogP contribution in [0.5, 0.6) is 0 Å². The van der Waals surface area contributed by atoms with Crippen LogP contribution in [-0.2, 0) is 0 Å². The van der Waals surface area contributed by atoms with Crippen molar-refractivity contribution in [1.82, 2.24) is 0 Å². The average molecular weight is 469 g/mol. The lowest BCUT2D eigenvalue weighted by Crippen LogP contribution is -2.00. The Morgan fingerprint density at radius 2 is 1.06 bits per heavy atom. The van der Waals surface area contributed by atoms with Crippen molar-refractivity contribution in [2.75, 3.05) is 26.4 Å². The van der Waals surface area contributed by atoms with Crippen molar-refractivity contribution in [2.45, 2.75) is 52.7 Å². The van der Waals surface area contributed by atoms with Crippen LogP contribution in [0.4, 0.5) is 0 Å². The summed E-state index contributed by atoms with van der Waals surface area (Å²) in [7, 11) is 0. The van der Waals surface area contributed by atoms with E-state index >= 15 is 0 Å². The number of hydrogen-bond donors (Lipinski definition) is 6. The molecule has 0 radical (unpaired) electrons. The van der Waals surface area contributed by atoms with E-state index in [1.54, 1.807) is 56.4 Å². The van der Waals surface area contributed by atoms with Crippen LogP contribution in [-0.4, -0.2) is 80.2 Å². The number of hydrogen-bond acceptors (Lipinski definition) is 6. The number of allylic oxidation sites excluding steroid dienone is 4. The highest BCUT2D eigenvalue weighted by Gasteiger charge is 1.88. The summed E-state index contributed by atoms with van der Waals surface area (Å²) in [5, 5.41) is 48.7. The van der Waals surface area contributed by atoms with Crippen LogP contribution < -0.4 is 0 Å². The molecule has 0 bridgehead atoms. The zero-order valence-electron chi connectivity index (χ0n) is 20.5. The van der Waals surface area contributed by atoms with Gasteiger partial charge < -0.3 is 41.6 Å². The highest BCUT2D eigenvalue weighted by atomic mass is 16.3. The lowest BCUT2D eigenvalue weighted by atomic mass is 10.3. The van der Waals surface area contributed by atoms with Gasteiger partial charge in [-0.05, 0) is 40.5 Å². The lowest BCUT2D eigenvalue weighted by molar-refractivity contribution is 0.148. The average Bonchev–Trinajstić information content (AvgIpc) is 2.72. The van der Waals surface area contributed by atoms with Crippen molar-refractivity contribution < 1.29 is 41.6 Å². The maximum atomic E-state index is 8.39. The summed E-state index contributed by atoms with van der Waals surface area (Å²) in [5.41, 5.74) is 0. The Labute approximate surface area is 196 Å². The normalized spacial score (nSPS) is 9.81. The Hall–Kier alpha value is -1.88. The fraction of sp³-hybridized carbons (Fsp3) is 0.500. The Morgan fingerprint density at radius 3 is 1.06 bits per heavy atom. The minimum atomic E-state index is -0.352. The van der Waals surface area contributed by atoms with Gasteiger partial charge in [-0.25, -0.2) is 0 Å². The smallest absolute Gasteiger partial charge is 0.0690 e. The van der Waals surface area contributed by atoms with Crippen LogP contribution >= 0.6 is 0 Å². The maximum absolute atomic E-state index is 8.39. The van der Waals surface area contributed by atoms with Crippen LogP contribution in [0.25, 0.3) is 0 Å². The molecule has 0 saturated heterocycles. The number of rotatable bonds is 8. The molecular formula is C24H52O8. The molecule has 0 aliphatic carbocycles. The third kappa shape index (κ3) is 202. The van der Waals surface area contributed by atoms with Crippen molar-refractivity contribution in [3.63, 3.8) is 0 Å². The van der Waals surface area contributed by atoms with E-state index in [0.29, 0.717) is 12.8 Å². The van der Waals surface area contributed by atoms with Gasteiger partial charge in [0.15, 0.2) is 0 Å². The van der Waals surface area contributed by atoms with Crippen molar-refractivity contribution >= 4 is 0 Å². The summed E-state index contributed by atoms with van der Waals surface area (Å²) in [4.78, 5) is 0. The molecule has 0 heterocycles. The van der Waals surface area contributed by atoms with E-state index in [1.807, 2.05) is 13.8 Å². The molecule has 0 aliphatic rings. The topological polar surface area (TPSA) is 184 Å². The summed E-state index contributed by atoms with van der Waals surface area (Å²) in [6.07, 6.45) is 13.9. The van der Waals surface area contributed by atoms with Crippen molar-refractivity contribution in [3.05, 3.63) is 74.9 Å². The Bertz CT molecular complexity index is 334. The first kappa shape index (κ1) is 52.2. The van der Waals surface area contributed by atoms with E-state index in [0.717, 1.165) is 0 Å². The zero-order chi connectivity index (χ0) is 25.1. The van der Waals surface area contributed by atoms with Gasteiger partial charge in [0.2, 0.25) is 0 Å². The maximum Gasteiger partial charge on any atom is 0.0690 e. The van der Waals surface area contributed by atoms with Gasteiger partial charge in [-0.3, -0.25) is 0 Å². The molecule has 0 rings (SSSR count). The SMILES string of the molecule is C/C=C/CO.C/C=C\CO.C=CC(C)O.C=CC=C.C=CCCO.CC(O)CCO.O.O. The van der Waals surface area contributed by atoms with Gasteiger partial charge >= 0.3 is 0 Å². The molecule has 0 spiro atoms. The van der Waals surface area contributed by atoms with E-state index in [4.69, 9.17) is 30.6 Å². The molecule has 2 atom stereocenters. The lowest BCUT2D eigenvalue weighted by Gasteiger charge is -1.95. The first-order valence-electron chi connectivity index (χ1n) is 9.69. The fourth-order valence-electron chi connectivity index (χ4n) is 0.489. The second kappa shape index (κ2) is 70.1. The summed E-state index contributed by atoms with van der Waals surface area (Å²) in [6, 6.07) is 0. The van der Waals surface area contributed by atoms with Gasteiger partial charge in [-0.1, -0.05) is 61.8 Å². The molecule has 8 heteroatoms. The quantitative estimate of drug-likeness (QED) is 0.232. The standard InChI is InChI=1S/C4H10O2.4C4H8O.C4H6.2H2O/c1-4(6)2-3-5;1-3-4(2)5;3*1-2-3-4-5;1-3-4-2;;/h4-6H,2-3H2,1H3;3-5H,1H2,2H3;2*2-3,5H,4H2,1H3;2,5H,1,3-4H2;3-4H,1-2H2;2*1H2/b;;3-2+;3-2-;;;;. The van der Waals surface area contributed by atoms with Crippen LogP contribution in [0.1, 0.15) is 40.5 Å². The van der Waals surface area contributed by atoms with Gasteiger partial charge in [0.1, 0.15) is 0 Å². The first-order chi connectivity index (χ1) is 14.2. The Balaban J connectivity index is -0.0000000357. The minimum Gasteiger partial charge on any atom is -0.412 e. The Kier molecular flexibility index (Phi) is 114. The van der Waals surface area contributed by atoms with Gasteiger partial charge in [-0.15, -0.1) is 13.2 Å². The zero-order valence-corrected chi connectivity index (χ0v) is 20.5. The summed E-state index contributed by atoms with van der Waals surface area (Å²) in [6.45, 7) is 21.1. The third-order valence-corrected chi connectivity index (χ3v) is 2.07. The summed E-state index contributed by atoms with van der Waals surface area (Å²) in [5.74, 6) is 0. The van der Waals surface area contributed by atoms with Crippen LogP contribution in [0.2, 0.25) is 0 Å². The first-order valence-corrected chi connectivity index (χ1v) is 9.69. The largest absolute Gasteiger partial charge is 0.412 e. The van der Waals surface area contributed by atoms with E-state index in [9.17, 15) is 0 Å². The monoisotopic (exact) mass is 468 g/mol. The molecule has 2 unspecified atom stereocenters. The van der Waals surface area contributed by atoms with Gasteiger partial charge in [0.25, 0.3) is 0 Å². The molecule has 196 valence electrons. The predicted molar refractivity (Wildman–Crippen MR) is 139 cm³/mol. The van der Waals surface area contributed by atoms with E-state index in [1.165, 1.54) is 6.08 Å². The van der Waals surface area contributed by atoms with E-state index < -0.39 is 0 Å². The van der Waals surface area contributed by atoms with Crippen molar-refractivity contribution in [3.8, 4) is 0 Å². The van der Waals surface area contributed by atoms with Gasteiger partial charge in [-0.2, -0.15) is 0 Å². The van der Waals surface area contributed by atoms with Crippen LogP contribution in [0, 0.1) is 0 Å². The van der Waals surface area contributed by atoms with Crippen LogP contribution in [0.3, 0.4) is 0 Å². The van der Waals surface area contributed by atoms with E-state index in [-0.39, 0.29) is 49.6 Å². The predicted octanol–water partition coefficient (Wildman–Crippen LogP) is 1.68. The molecule has 0 saturated carbocycles. The van der Waals surface area contributed by atoms with Gasteiger partial charge in [0, 0.05) is 13.2 Å². The molecule has 0 aromatic carbocycles. The molecule has 32 heavy (non-hydrogen) atoms. The molecule has 8 nitrogen and oxygen atoms in total. The van der Waals surface area contributed by atoms with Gasteiger partial charge in [0.05, 0.1) is 25.4 Å². The third-order valence-electron chi connectivity index (χ3n) is 2.07. The fourth-order valence-corrected chi connectivity index (χ4v) is 0.489. The highest BCUT2D eigenvalue weighted by molar-refractivity contribution is 4.88. The van der Waals surface area contributed by atoms with Crippen LogP contribution in [0.15, 0.2) is 74.9 Å². The summed E-state index contributed by atoms with van der Waals surface area (Å²) >= 11 is 0. The van der Waals surface area contributed by atoms with E-state index in [2.05, 4.69) is 26.3 Å². The second-order valence-electron chi connectivity index (χ2n) is 5.11. The minimum absolute atomic E-state index is 0. The highest BCUT2D eigenvalue weighted by Crippen LogP contribution is 1.83. The molecular weight excluding hydrogens is 416 g/mol. The van der Waals surface area contributed by atoms with Crippen molar-refractivity contribution in [2.24, 2.45) is 0 Å². The molecule has 0 aliphatic heterocycles. The Morgan fingerprint density at radius 1 is 0.719 bits per heavy atom. The summed E-state index contributed by atoms with van der Waals surface area (Å²) < 4.78 is 0. The molecule has 0 aromatic heterocycles. The number of aliphatic hydroxyl groups is 6. The van der Waals surface area contributed by atoms with Crippen molar-refractivity contribution in [1.29, 1.82) is 0 Å². The molecule has 0 fully saturated rings. The molecule has 0 amide bonds. The second-order valence-corrected chi connectivity index (χ2v) is 5.11.